The Morgan fingerprint density at radius 2 is 1.84 bits per heavy atom. The SMILES string of the molecule is COc1ccccc1N=C1NC(=O)/C(=C/C(C)=C/c2ccccc2)S1. The van der Waals surface area contributed by atoms with E-state index in [9.17, 15) is 4.79 Å². The third-order valence-electron chi connectivity index (χ3n) is 3.51. The predicted molar refractivity (Wildman–Crippen MR) is 104 cm³/mol. The Labute approximate surface area is 151 Å². The van der Waals surface area contributed by atoms with E-state index in [0.29, 0.717) is 21.5 Å². The number of carbonyl (C=O) groups excluding carboxylic acids is 1. The summed E-state index contributed by atoms with van der Waals surface area (Å²) in [5.74, 6) is 0.530. The highest BCUT2D eigenvalue weighted by Gasteiger charge is 2.24. The number of thioether (sulfide) groups is 1. The molecule has 1 aliphatic heterocycles. The number of carbonyl (C=O) groups is 1. The lowest BCUT2D eigenvalue weighted by Crippen LogP contribution is -2.19. The summed E-state index contributed by atoms with van der Waals surface area (Å²) in [6, 6.07) is 17.5. The van der Waals surface area contributed by atoms with Gasteiger partial charge in [0, 0.05) is 0 Å². The van der Waals surface area contributed by atoms with Gasteiger partial charge in [0.2, 0.25) is 0 Å². The molecule has 0 spiro atoms. The quantitative estimate of drug-likeness (QED) is 0.824. The van der Waals surface area contributed by atoms with Crippen molar-refractivity contribution in [1.29, 1.82) is 0 Å². The molecule has 1 amide bonds. The Kier molecular flexibility index (Phi) is 5.36. The largest absolute Gasteiger partial charge is 0.494 e. The number of para-hydroxylation sites is 2. The predicted octanol–water partition coefficient (Wildman–Crippen LogP) is 4.53. The van der Waals surface area contributed by atoms with E-state index in [1.165, 1.54) is 11.8 Å². The number of amides is 1. The Bertz CT molecular complexity index is 870. The maximum atomic E-state index is 12.2. The van der Waals surface area contributed by atoms with Crippen LogP contribution in [0.25, 0.3) is 6.08 Å². The molecule has 5 heteroatoms. The van der Waals surface area contributed by atoms with E-state index in [0.717, 1.165) is 11.1 Å². The number of rotatable bonds is 4. The molecule has 0 saturated carbocycles. The fourth-order valence-corrected chi connectivity index (χ4v) is 3.26. The summed E-state index contributed by atoms with van der Waals surface area (Å²) in [5.41, 5.74) is 2.79. The molecule has 0 atom stereocenters. The molecule has 0 unspecified atom stereocenters. The smallest absolute Gasteiger partial charge is 0.264 e. The molecule has 3 rings (SSSR count). The van der Waals surface area contributed by atoms with Gasteiger partial charge in [-0.15, -0.1) is 0 Å². The average molecular weight is 350 g/mol. The highest BCUT2D eigenvalue weighted by Crippen LogP contribution is 2.31. The first-order chi connectivity index (χ1) is 12.2. The van der Waals surface area contributed by atoms with Gasteiger partial charge in [0.1, 0.15) is 11.4 Å². The van der Waals surface area contributed by atoms with Crippen LogP contribution in [-0.4, -0.2) is 18.2 Å². The zero-order valence-corrected chi connectivity index (χ0v) is 14.8. The molecule has 2 aromatic carbocycles. The molecule has 1 fully saturated rings. The van der Waals surface area contributed by atoms with Gasteiger partial charge in [0.15, 0.2) is 5.17 Å². The molecule has 0 aromatic heterocycles. The first kappa shape index (κ1) is 17.0. The fraction of sp³-hybridized carbons (Fsp3) is 0.100. The molecule has 4 nitrogen and oxygen atoms in total. The van der Waals surface area contributed by atoms with E-state index in [2.05, 4.69) is 10.3 Å². The van der Waals surface area contributed by atoms with Gasteiger partial charge in [-0.05, 0) is 48.0 Å². The first-order valence-corrected chi connectivity index (χ1v) is 8.63. The summed E-state index contributed by atoms with van der Waals surface area (Å²) in [5, 5.41) is 3.35. The van der Waals surface area contributed by atoms with Crippen LogP contribution >= 0.6 is 11.8 Å². The van der Waals surface area contributed by atoms with Crippen LogP contribution in [0, 0.1) is 0 Å². The first-order valence-electron chi connectivity index (χ1n) is 7.81. The van der Waals surface area contributed by atoms with Crippen molar-refractivity contribution in [3.05, 3.63) is 76.7 Å². The summed E-state index contributed by atoms with van der Waals surface area (Å²) in [6.45, 7) is 1.98. The number of allylic oxidation sites excluding steroid dienone is 2. The molecule has 0 aliphatic carbocycles. The van der Waals surface area contributed by atoms with Crippen molar-refractivity contribution >= 4 is 34.6 Å². The van der Waals surface area contributed by atoms with Crippen molar-refractivity contribution < 1.29 is 9.53 Å². The van der Waals surface area contributed by atoms with Gasteiger partial charge in [-0.1, -0.05) is 48.5 Å². The highest BCUT2D eigenvalue weighted by molar-refractivity contribution is 8.18. The third kappa shape index (κ3) is 4.39. The van der Waals surface area contributed by atoms with Crippen molar-refractivity contribution in [2.75, 3.05) is 7.11 Å². The Morgan fingerprint density at radius 1 is 1.12 bits per heavy atom. The number of amidine groups is 1. The van der Waals surface area contributed by atoms with Crippen LogP contribution in [-0.2, 0) is 4.79 Å². The molecular formula is C20H18N2O2S. The van der Waals surface area contributed by atoms with E-state index >= 15 is 0 Å². The maximum absolute atomic E-state index is 12.2. The standard InChI is InChI=1S/C20H18N2O2S/c1-14(12-15-8-4-3-5-9-15)13-18-19(23)22-20(25-18)21-16-10-6-7-11-17(16)24-2/h3-13H,1-2H3,(H,21,22,23)/b14-12+,18-13-. The normalized spacial score (nSPS) is 17.8. The van der Waals surface area contributed by atoms with E-state index in [1.54, 1.807) is 7.11 Å². The molecule has 25 heavy (non-hydrogen) atoms. The summed E-state index contributed by atoms with van der Waals surface area (Å²) in [4.78, 5) is 17.3. The second kappa shape index (κ2) is 7.85. The summed E-state index contributed by atoms with van der Waals surface area (Å²) in [7, 11) is 1.60. The Balaban J connectivity index is 1.80. The van der Waals surface area contributed by atoms with Crippen LogP contribution in [0.3, 0.4) is 0 Å². The fourth-order valence-electron chi connectivity index (χ4n) is 2.37. The van der Waals surface area contributed by atoms with Gasteiger partial charge in [-0.3, -0.25) is 4.79 Å². The third-order valence-corrected chi connectivity index (χ3v) is 4.42. The van der Waals surface area contributed by atoms with Gasteiger partial charge in [-0.2, -0.15) is 0 Å². The van der Waals surface area contributed by atoms with Gasteiger partial charge in [-0.25, -0.2) is 4.99 Å². The number of ether oxygens (including phenoxy) is 1. The highest BCUT2D eigenvalue weighted by atomic mass is 32.2. The van der Waals surface area contributed by atoms with Crippen LogP contribution in [0.5, 0.6) is 5.75 Å². The molecule has 0 bridgehead atoms. The lowest BCUT2D eigenvalue weighted by molar-refractivity contribution is -0.115. The van der Waals surface area contributed by atoms with E-state index in [-0.39, 0.29) is 5.91 Å². The molecule has 2 aromatic rings. The minimum atomic E-state index is -0.139. The minimum Gasteiger partial charge on any atom is -0.494 e. The Morgan fingerprint density at radius 3 is 2.60 bits per heavy atom. The number of benzene rings is 2. The topological polar surface area (TPSA) is 50.7 Å². The minimum absolute atomic E-state index is 0.139. The molecular weight excluding hydrogens is 332 g/mol. The van der Waals surface area contributed by atoms with Gasteiger partial charge in [0.05, 0.1) is 12.0 Å². The molecule has 1 saturated heterocycles. The van der Waals surface area contributed by atoms with Crippen molar-refractivity contribution in [2.45, 2.75) is 6.92 Å². The van der Waals surface area contributed by atoms with E-state index < -0.39 is 0 Å². The van der Waals surface area contributed by atoms with E-state index in [4.69, 9.17) is 4.74 Å². The second-order valence-corrected chi connectivity index (χ2v) is 6.48. The van der Waals surface area contributed by atoms with Crippen molar-refractivity contribution in [3.8, 4) is 5.75 Å². The van der Waals surface area contributed by atoms with Crippen molar-refractivity contribution in [1.82, 2.24) is 5.32 Å². The van der Waals surface area contributed by atoms with Crippen LogP contribution < -0.4 is 10.1 Å². The summed E-state index contributed by atoms with van der Waals surface area (Å²) in [6.07, 6.45) is 3.91. The summed E-state index contributed by atoms with van der Waals surface area (Å²) >= 11 is 1.33. The second-order valence-electron chi connectivity index (χ2n) is 5.45. The average Bonchev–Trinajstić information content (AvgIpc) is 2.95. The molecule has 126 valence electrons. The van der Waals surface area contributed by atoms with Gasteiger partial charge < -0.3 is 10.1 Å². The van der Waals surface area contributed by atoms with Crippen molar-refractivity contribution in [3.63, 3.8) is 0 Å². The number of hydrogen-bond donors (Lipinski definition) is 1. The maximum Gasteiger partial charge on any atom is 0.264 e. The van der Waals surface area contributed by atoms with Gasteiger partial charge >= 0.3 is 0 Å². The summed E-state index contributed by atoms with van der Waals surface area (Å²) < 4.78 is 5.29. The molecule has 1 N–H and O–H groups in total. The van der Waals surface area contributed by atoms with Crippen LogP contribution in [0.4, 0.5) is 5.69 Å². The number of methoxy groups -OCH3 is 1. The monoisotopic (exact) mass is 350 g/mol. The Hall–Kier alpha value is -2.79. The zero-order valence-electron chi connectivity index (χ0n) is 14.0. The van der Waals surface area contributed by atoms with Crippen molar-refractivity contribution in [2.24, 2.45) is 4.99 Å². The number of nitrogens with one attached hydrogen (secondary N) is 1. The van der Waals surface area contributed by atoms with Gasteiger partial charge in [0.25, 0.3) is 5.91 Å². The number of nitrogens with zero attached hydrogens (tertiary/aromatic N) is 1. The van der Waals surface area contributed by atoms with Crippen LogP contribution in [0.2, 0.25) is 0 Å². The number of aliphatic imine (C=N–C) groups is 1. The molecule has 1 heterocycles. The molecule has 1 aliphatic rings. The van der Waals surface area contributed by atoms with Crippen LogP contribution in [0.1, 0.15) is 12.5 Å². The lowest BCUT2D eigenvalue weighted by Gasteiger charge is -2.03. The molecule has 0 radical (unpaired) electrons. The van der Waals surface area contributed by atoms with Crippen LogP contribution in [0.15, 0.2) is 76.1 Å². The van der Waals surface area contributed by atoms with E-state index in [1.807, 2.05) is 73.7 Å². The lowest BCUT2D eigenvalue weighted by atomic mass is 10.1. The number of hydrogen-bond acceptors (Lipinski definition) is 4. The zero-order chi connectivity index (χ0) is 17.6.